The van der Waals surface area contributed by atoms with Crippen molar-refractivity contribution >= 4 is 16.3 Å². The van der Waals surface area contributed by atoms with Gasteiger partial charge in [-0.2, -0.15) is 0 Å². The highest BCUT2D eigenvalue weighted by atomic mass is 14.6. The van der Waals surface area contributed by atoms with Crippen LogP contribution in [-0.4, -0.2) is 0 Å². The van der Waals surface area contributed by atoms with Crippen LogP contribution in [0.15, 0.2) is 66.4 Å². The smallest absolute Gasteiger partial charge is 0.0390 e. The zero-order valence-electron chi connectivity index (χ0n) is 12.6. The molecule has 0 unspecified atom stereocenters. The molecule has 0 heterocycles. The van der Waals surface area contributed by atoms with Crippen LogP contribution in [0, 0.1) is 5.92 Å². The number of fused-ring (bicyclic) bond motifs is 1. The largest absolute Gasteiger partial charge is 0.398 e. The van der Waals surface area contributed by atoms with Crippen LogP contribution in [0.25, 0.3) is 16.3 Å². The van der Waals surface area contributed by atoms with Crippen LogP contribution in [0.4, 0.5) is 0 Å². The lowest BCUT2D eigenvalue weighted by molar-refractivity contribution is 0.941. The summed E-state index contributed by atoms with van der Waals surface area (Å²) in [5, 5.41) is 2.62. The summed E-state index contributed by atoms with van der Waals surface area (Å²) in [5.74, 6) is 0.423. The van der Waals surface area contributed by atoms with E-state index in [9.17, 15) is 0 Å². The van der Waals surface area contributed by atoms with Crippen LogP contribution in [0.1, 0.15) is 25.0 Å². The van der Waals surface area contributed by atoms with Crippen molar-refractivity contribution in [2.75, 3.05) is 0 Å². The molecule has 1 atom stereocenters. The Bertz CT molecular complexity index is 763. The molecule has 0 saturated heterocycles. The van der Waals surface area contributed by atoms with Gasteiger partial charge in [0.1, 0.15) is 0 Å². The molecule has 106 valence electrons. The summed E-state index contributed by atoms with van der Waals surface area (Å²) in [4.78, 5) is 0. The molecular weight excluding hydrogens is 254 g/mol. The molecule has 0 saturated carbocycles. The van der Waals surface area contributed by atoms with E-state index in [0.717, 1.165) is 17.7 Å². The third kappa shape index (κ3) is 2.52. The standard InChI is InChI=1S/C20H21N/c1-3-16-17-7-5-4-6-15(17)10-12-18(16)19-11-8-14(2)9-13-20(19)21/h4-14H,3,21H2,1-2H3/t14-/m1/s1. The summed E-state index contributed by atoms with van der Waals surface area (Å²) in [6.45, 7) is 4.38. The minimum absolute atomic E-state index is 0.423. The molecule has 0 amide bonds. The fourth-order valence-electron chi connectivity index (χ4n) is 2.97. The topological polar surface area (TPSA) is 26.0 Å². The summed E-state index contributed by atoms with van der Waals surface area (Å²) < 4.78 is 0. The molecule has 0 bridgehead atoms. The van der Waals surface area contributed by atoms with Crippen LogP contribution in [-0.2, 0) is 6.42 Å². The Balaban J connectivity index is 2.25. The Morgan fingerprint density at radius 2 is 1.76 bits per heavy atom. The van der Waals surface area contributed by atoms with E-state index < -0.39 is 0 Å². The Labute approximate surface area is 126 Å². The average molecular weight is 275 g/mol. The van der Waals surface area contributed by atoms with E-state index in [-0.39, 0.29) is 0 Å². The SMILES string of the molecule is CCc1c(C2=C(N)C=C[C@H](C)C=C2)ccc2ccccc12. The second-order valence-corrected chi connectivity index (χ2v) is 5.61. The molecule has 2 N–H and O–H groups in total. The van der Waals surface area contributed by atoms with Gasteiger partial charge in [0, 0.05) is 11.3 Å². The van der Waals surface area contributed by atoms with Crippen molar-refractivity contribution in [1.29, 1.82) is 0 Å². The van der Waals surface area contributed by atoms with Gasteiger partial charge in [-0.3, -0.25) is 0 Å². The molecule has 0 aromatic heterocycles. The molecule has 1 aliphatic carbocycles. The van der Waals surface area contributed by atoms with Gasteiger partial charge in [0.15, 0.2) is 0 Å². The summed E-state index contributed by atoms with van der Waals surface area (Å²) >= 11 is 0. The van der Waals surface area contributed by atoms with Crippen LogP contribution < -0.4 is 5.73 Å². The molecular formula is C20H21N. The summed E-state index contributed by atoms with van der Waals surface area (Å²) in [6.07, 6.45) is 9.56. The van der Waals surface area contributed by atoms with Gasteiger partial charge in [0.2, 0.25) is 0 Å². The fraction of sp³-hybridized carbons (Fsp3) is 0.200. The minimum atomic E-state index is 0.423. The maximum Gasteiger partial charge on any atom is 0.0390 e. The lowest BCUT2D eigenvalue weighted by Gasteiger charge is -2.14. The zero-order chi connectivity index (χ0) is 14.8. The van der Waals surface area contributed by atoms with Gasteiger partial charge < -0.3 is 5.73 Å². The number of aryl methyl sites for hydroxylation is 1. The molecule has 21 heavy (non-hydrogen) atoms. The number of rotatable bonds is 2. The molecule has 0 aliphatic heterocycles. The number of hydrogen-bond donors (Lipinski definition) is 1. The van der Waals surface area contributed by atoms with E-state index in [1.165, 1.54) is 21.9 Å². The maximum atomic E-state index is 6.28. The van der Waals surface area contributed by atoms with Crippen LogP contribution in [0.5, 0.6) is 0 Å². The van der Waals surface area contributed by atoms with Crippen molar-refractivity contribution in [2.24, 2.45) is 11.7 Å². The van der Waals surface area contributed by atoms with Crippen molar-refractivity contribution in [3.05, 3.63) is 77.5 Å². The minimum Gasteiger partial charge on any atom is -0.398 e. The molecule has 0 fully saturated rings. The van der Waals surface area contributed by atoms with Gasteiger partial charge in [-0.25, -0.2) is 0 Å². The highest BCUT2D eigenvalue weighted by Crippen LogP contribution is 2.31. The number of nitrogens with two attached hydrogens (primary N) is 1. The van der Waals surface area contributed by atoms with Crippen LogP contribution in [0.3, 0.4) is 0 Å². The first-order valence-corrected chi connectivity index (χ1v) is 7.58. The lowest BCUT2D eigenvalue weighted by Crippen LogP contribution is -2.00. The summed E-state index contributed by atoms with van der Waals surface area (Å²) in [7, 11) is 0. The van der Waals surface area contributed by atoms with Crippen molar-refractivity contribution in [2.45, 2.75) is 20.3 Å². The number of hydrogen-bond acceptors (Lipinski definition) is 1. The summed E-state index contributed by atoms with van der Waals surface area (Å²) in [6, 6.07) is 13.0. The van der Waals surface area contributed by atoms with E-state index in [0.29, 0.717) is 5.92 Å². The molecule has 0 radical (unpaired) electrons. The third-order valence-corrected chi connectivity index (χ3v) is 4.14. The first-order chi connectivity index (χ1) is 10.2. The molecule has 2 aromatic carbocycles. The predicted molar refractivity (Wildman–Crippen MR) is 91.9 cm³/mol. The van der Waals surface area contributed by atoms with Crippen LogP contribution in [0.2, 0.25) is 0 Å². The number of allylic oxidation sites excluding steroid dienone is 5. The Morgan fingerprint density at radius 1 is 1.00 bits per heavy atom. The molecule has 1 heteroatoms. The maximum absolute atomic E-state index is 6.28. The second kappa shape index (κ2) is 5.61. The van der Waals surface area contributed by atoms with Crippen molar-refractivity contribution in [1.82, 2.24) is 0 Å². The fourth-order valence-corrected chi connectivity index (χ4v) is 2.97. The Kier molecular flexibility index (Phi) is 3.66. The lowest BCUT2D eigenvalue weighted by atomic mass is 9.91. The van der Waals surface area contributed by atoms with E-state index in [1.807, 2.05) is 6.08 Å². The van der Waals surface area contributed by atoms with Crippen LogP contribution >= 0.6 is 0 Å². The van der Waals surface area contributed by atoms with Gasteiger partial charge in [0.25, 0.3) is 0 Å². The van der Waals surface area contributed by atoms with Gasteiger partial charge >= 0.3 is 0 Å². The first-order valence-electron chi connectivity index (χ1n) is 7.58. The molecule has 1 aliphatic rings. The normalized spacial score (nSPS) is 18.3. The third-order valence-electron chi connectivity index (χ3n) is 4.14. The van der Waals surface area contributed by atoms with E-state index in [2.05, 4.69) is 68.5 Å². The van der Waals surface area contributed by atoms with Gasteiger partial charge in [0.05, 0.1) is 0 Å². The summed E-state index contributed by atoms with van der Waals surface area (Å²) in [5.41, 5.74) is 10.9. The van der Waals surface area contributed by atoms with Gasteiger partial charge in [-0.15, -0.1) is 0 Å². The van der Waals surface area contributed by atoms with Crippen molar-refractivity contribution < 1.29 is 0 Å². The highest BCUT2D eigenvalue weighted by molar-refractivity contribution is 5.93. The highest BCUT2D eigenvalue weighted by Gasteiger charge is 2.12. The van der Waals surface area contributed by atoms with Gasteiger partial charge in [-0.05, 0) is 40.3 Å². The van der Waals surface area contributed by atoms with E-state index in [1.54, 1.807) is 0 Å². The molecule has 2 aromatic rings. The second-order valence-electron chi connectivity index (χ2n) is 5.61. The monoisotopic (exact) mass is 275 g/mol. The molecule has 3 rings (SSSR count). The first kappa shape index (κ1) is 13.7. The quantitative estimate of drug-likeness (QED) is 0.834. The van der Waals surface area contributed by atoms with Crippen molar-refractivity contribution in [3.8, 4) is 0 Å². The van der Waals surface area contributed by atoms with E-state index in [4.69, 9.17) is 5.73 Å². The average Bonchev–Trinajstić information content (AvgIpc) is 2.68. The molecule has 1 nitrogen and oxygen atoms in total. The zero-order valence-corrected chi connectivity index (χ0v) is 12.6. The van der Waals surface area contributed by atoms with Crippen molar-refractivity contribution in [3.63, 3.8) is 0 Å². The van der Waals surface area contributed by atoms with E-state index >= 15 is 0 Å². The predicted octanol–water partition coefficient (Wildman–Crippen LogP) is 4.83. The van der Waals surface area contributed by atoms with Gasteiger partial charge in [-0.1, -0.05) is 68.5 Å². The number of benzene rings is 2. The Hall–Kier alpha value is -2.28. The Morgan fingerprint density at radius 3 is 2.57 bits per heavy atom. The molecule has 0 spiro atoms.